The second kappa shape index (κ2) is 4.14. The van der Waals surface area contributed by atoms with E-state index in [-0.39, 0.29) is 5.88 Å². The van der Waals surface area contributed by atoms with E-state index in [9.17, 15) is 0 Å². The third-order valence-electron chi connectivity index (χ3n) is 2.15. The summed E-state index contributed by atoms with van der Waals surface area (Å²) in [5.74, 6) is 0.751. The van der Waals surface area contributed by atoms with Crippen LogP contribution in [0, 0.1) is 18.3 Å². The number of nitrogens with zero attached hydrogens (tertiary/aromatic N) is 4. The average Bonchev–Trinajstić information content (AvgIpc) is 2.60. The van der Waals surface area contributed by atoms with Gasteiger partial charge >= 0.3 is 0 Å². The van der Waals surface area contributed by atoms with Gasteiger partial charge in [-0.25, -0.2) is 9.67 Å². The molecule has 0 bridgehead atoms. The Morgan fingerprint density at radius 3 is 2.82 bits per heavy atom. The number of anilines is 1. The van der Waals surface area contributed by atoms with Crippen LogP contribution in [-0.4, -0.2) is 14.8 Å². The highest BCUT2D eigenvalue weighted by atomic mass is 16.5. The van der Waals surface area contributed by atoms with Crippen molar-refractivity contribution in [1.82, 2.24) is 14.8 Å². The lowest BCUT2D eigenvalue weighted by Gasteiger charge is -2.05. The van der Waals surface area contributed by atoms with Crippen LogP contribution >= 0.6 is 0 Å². The van der Waals surface area contributed by atoms with E-state index in [0.29, 0.717) is 17.1 Å². The van der Waals surface area contributed by atoms with Crippen molar-refractivity contribution >= 4 is 5.69 Å². The van der Waals surface area contributed by atoms with E-state index in [0.717, 1.165) is 5.69 Å². The summed E-state index contributed by atoms with van der Waals surface area (Å²) in [4.78, 5) is 3.98. The Hall–Kier alpha value is -2.55. The number of nitrogen functional groups attached to an aromatic ring is 1. The number of nitriles is 1. The fraction of sp³-hybridized carbons (Fsp3) is 0.182. The van der Waals surface area contributed by atoms with Gasteiger partial charge in [-0.2, -0.15) is 10.4 Å². The summed E-state index contributed by atoms with van der Waals surface area (Å²) in [7, 11) is 1.76. The lowest BCUT2D eigenvalue weighted by Crippen LogP contribution is -1.99. The van der Waals surface area contributed by atoms with Crippen LogP contribution in [0.2, 0.25) is 0 Å². The van der Waals surface area contributed by atoms with Crippen LogP contribution in [0.4, 0.5) is 5.69 Å². The van der Waals surface area contributed by atoms with Crippen molar-refractivity contribution in [3.8, 4) is 17.8 Å². The van der Waals surface area contributed by atoms with Gasteiger partial charge in [0.25, 0.3) is 0 Å². The molecule has 2 aromatic rings. The van der Waals surface area contributed by atoms with Crippen LogP contribution < -0.4 is 10.5 Å². The summed E-state index contributed by atoms with van der Waals surface area (Å²) in [6.45, 7) is 1.86. The molecule has 0 fully saturated rings. The molecule has 0 spiro atoms. The molecule has 0 unspecified atom stereocenters. The Balaban J connectivity index is 2.37. The highest BCUT2D eigenvalue weighted by molar-refractivity contribution is 5.49. The van der Waals surface area contributed by atoms with Gasteiger partial charge in [0.1, 0.15) is 11.6 Å². The topological polar surface area (TPSA) is 89.8 Å². The summed E-state index contributed by atoms with van der Waals surface area (Å²) in [5, 5.41) is 13.1. The number of aromatic nitrogens is 3. The van der Waals surface area contributed by atoms with E-state index in [2.05, 4.69) is 10.1 Å². The first kappa shape index (κ1) is 11.0. The SMILES string of the molecule is Cc1cc(Oc2ncc(N)cc2C#N)n(C)n1. The van der Waals surface area contributed by atoms with Crippen LogP contribution in [0.1, 0.15) is 11.3 Å². The number of hydrogen-bond acceptors (Lipinski definition) is 5. The van der Waals surface area contributed by atoms with E-state index >= 15 is 0 Å². The number of pyridine rings is 1. The maximum atomic E-state index is 8.95. The smallest absolute Gasteiger partial charge is 0.239 e. The molecule has 0 aromatic carbocycles. The molecular formula is C11H11N5O. The number of nitrogens with two attached hydrogens (primary N) is 1. The van der Waals surface area contributed by atoms with Crippen LogP contribution in [-0.2, 0) is 7.05 Å². The van der Waals surface area contributed by atoms with Gasteiger partial charge in [0.05, 0.1) is 17.6 Å². The summed E-state index contributed by atoms with van der Waals surface area (Å²) in [6, 6.07) is 5.27. The fourth-order valence-corrected chi connectivity index (χ4v) is 1.41. The summed E-state index contributed by atoms with van der Waals surface area (Å²) in [5.41, 5.74) is 7.10. The van der Waals surface area contributed by atoms with Gasteiger partial charge in [0, 0.05) is 13.1 Å². The molecule has 0 amide bonds. The molecule has 0 radical (unpaired) electrons. The molecule has 2 aromatic heterocycles. The van der Waals surface area contributed by atoms with Gasteiger partial charge in [-0.1, -0.05) is 0 Å². The number of hydrogen-bond donors (Lipinski definition) is 1. The fourth-order valence-electron chi connectivity index (χ4n) is 1.41. The first-order valence-electron chi connectivity index (χ1n) is 4.94. The Morgan fingerprint density at radius 1 is 1.47 bits per heavy atom. The van der Waals surface area contributed by atoms with Gasteiger partial charge in [0.2, 0.25) is 11.8 Å². The van der Waals surface area contributed by atoms with E-state index < -0.39 is 0 Å². The highest BCUT2D eigenvalue weighted by Gasteiger charge is 2.10. The van der Waals surface area contributed by atoms with Gasteiger partial charge in [-0.3, -0.25) is 0 Å². The largest absolute Gasteiger partial charge is 0.420 e. The minimum Gasteiger partial charge on any atom is -0.420 e. The predicted octanol–water partition coefficient (Wildman–Crippen LogP) is 1.37. The predicted molar refractivity (Wildman–Crippen MR) is 61.4 cm³/mol. The van der Waals surface area contributed by atoms with E-state index in [1.807, 2.05) is 13.0 Å². The van der Waals surface area contributed by atoms with Crippen molar-refractivity contribution in [3.05, 3.63) is 29.6 Å². The molecule has 2 N–H and O–H groups in total. The molecule has 2 rings (SSSR count). The molecule has 0 aliphatic heterocycles. The monoisotopic (exact) mass is 229 g/mol. The molecule has 17 heavy (non-hydrogen) atoms. The van der Waals surface area contributed by atoms with E-state index in [1.54, 1.807) is 17.8 Å². The minimum absolute atomic E-state index is 0.227. The molecule has 0 saturated heterocycles. The maximum Gasteiger partial charge on any atom is 0.239 e. The van der Waals surface area contributed by atoms with Gasteiger partial charge in [-0.05, 0) is 13.0 Å². The number of ether oxygens (including phenoxy) is 1. The van der Waals surface area contributed by atoms with Crippen LogP contribution in [0.3, 0.4) is 0 Å². The van der Waals surface area contributed by atoms with Crippen LogP contribution in [0.5, 0.6) is 11.8 Å². The first-order valence-corrected chi connectivity index (χ1v) is 4.94. The Kier molecular flexibility index (Phi) is 2.66. The van der Waals surface area contributed by atoms with Crippen molar-refractivity contribution in [2.24, 2.45) is 7.05 Å². The highest BCUT2D eigenvalue weighted by Crippen LogP contribution is 2.23. The molecule has 6 nitrogen and oxygen atoms in total. The number of aryl methyl sites for hydroxylation is 2. The minimum atomic E-state index is 0.227. The Bertz CT molecular complexity index is 596. The molecule has 86 valence electrons. The Morgan fingerprint density at radius 2 is 2.24 bits per heavy atom. The molecule has 0 saturated carbocycles. The lowest BCUT2D eigenvalue weighted by molar-refractivity contribution is 0.414. The van der Waals surface area contributed by atoms with Crippen molar-refractivity contribution < 1.29 is 4.74 Å². The van der Waals surface area contributed by atoms with Crippen molar-refractivity contribution in [3.63, 3.8) is 0 Å². The van der Waals surface area contributed by atoms with Crippen molar-refractivity contribution in [2.45, 2.75) is 6.92 Å². The second-order valence-electron chi connectivity index (χ2n) is 3.58. The first-order chi connectivity index (χ1) is 8.10. The molecule has 2 heterocycles. The van der Waals surface area contributed by atoms with Gasteiger partial charge in [-0.15, -0.1) is 0 Å². The lowest BCUT2D eigenvalue weighted by atomic mass is 10.3. The zero-order chi connectivity index (χ0) is 12.4. The average molecular weight is 229 g/mol. The zero-order valence-corrected chi connectivity index (χ0v) is 9.51. The van der Waals surface area contributed by atoms with Gasteiger partial charge in [0.15, 0.2) is 0 Å². The maximum absolute atomic E-state index is 8.95. The summed E-state index contributed by atoms with van der Waals surface area (Å²) in [6.07, 6.45) is 1.44. The number of rotatable bonds is 2. The van der Waals surface area contributed by atoms with Gasteiger partial charge < -0.3 is 10.5 Å². The summed E-state index contributed by atoms with van der Waals surface area (Å²) < 4.78 is 7.10. The molecule has 0 atom stereocenters. The van der Waals surface area contributed by atoms with Crippen LogP contribution in [0.15, 0.2) is 18.3 Å². The Labute approximate surface area is 98.3 Å². The van der Waals surface area contributed by atoms with E-state index in [1.165, 1.54) is 12.3 Å². The standard InChI is InChI=1S/C11H11N5O/c1-7-3-10(16(2)15-7)17-11-8(5-12)4-9(13)6-14-11/h3-4,6H,13H2,1-2H3. The third-order valence-corrected chi connectivity index (χ3v) is 2.15. The summed E-state index contributed by atoms with van der Waals surface area (Å²) >= 11 is 0. The van der Waals surface area contributed by atoms with E-state index in [4.69, 9.17) is 15.7 Å². The quantitative estimate of drug-likeness (QED) is 0.839. The molecule has 0 aliphatic carbocycles. The van der Waals surface area contributed by atoms with Crippen molar-refractivity contribution in [2.75, 3.05) is 5.73 Å². The van der Waals surface area contributed by atoms with Crippen molar-refractivity contribution in [1.29, 1.82) is 5.26 Å². The molecular weight excluding hydrogens is 218 g/mol. The normalized spacial score (nSPS) is 9.94. The molecule has 6 heteroatoms. The molecule has 0 aliphatic rings. The second-order valence-corrected chi connectivity index (χ2v) is 3.58. The van der Waals surface area contributed by atoms with Crippen LogP contribution in [0.25, 0.3) is 0 Å². The zero-order valence-electron chi connectivity index (χ0n) is 9.51. The third kappa shape index (κ3) is 2.18.